The lowest BCUT2D eigenvalue weighted by Crippen LogP contribution is -2.32. The quantitative estimate of drug-likeness (QED) is 0.684. The molecule has 2 aromatic rings. The van der Waals surface area contributed by atoms with E-state index in [4.69, 9.17) is 4.74 Å². The van der Waals surface area contributed by atoms with Crippen LogP contribution in [-0.4, -0.2) is 35.2 Å². The van der Waals surface area contributed by atoms with Crippen LogP contribution in [0.2, 0.25) is 0 Å². The van der Waals surface area contributed by atoms with Gasteiger partial charge in [-0.1, -0.05) is 6.92 Å². The van der Waals surface area contributed by atoms with Crippen LogP contribution in [-0.2, 0) is 11.2 Å². The Balaban J connectivity index is 1.86. The van der Waals surface area contributed by atoms with E-state index in [0.717, 1.165) is 44.0 Å². The van der Waals surface area contributed by atoms with E-state index in [1.165, 1.54) is 12.1 Å². The maximum atomic E-state index is 5.43. The molecule has 0 fully saturated rings. The van der Waals surface area contributed by atoms with Crippen molar-refractivity contribution in [1.82, 2.24) is 14.7 Å². The molecule has 2 heterocycles. The third kappa shape index (κ3) is 4.58. The first-order valence-corrected chi connectivity index (χ1v) is 8.43. The molecule has 0 amide bonds. The average molecular weight is 295 g/mol. The molecule has 5 heteroatoms. The number of nitrogens with zero attached hydrogens (tertiary/aromatic N) is 2. The lowest BCUT2D eigenvalue weighted by Gasteiger charge is -2.17. The van der Waals surface area contributed by atoms with Gasteiger partial charge in [0, 0.05) is 43.5 Å². The zero-order valence-electron chi connectivity index (χ0n) is 12.5. The molecule has 0 aliphatic rings. The Morgan fingerprint density at radius 2 is 2.35 bits per heavy atom. The Kier molecular flexibility index (Phi) is 6.50. The van der Waals surface area contributed by atoms with Crippen LogP contribution in [0.15, 0.2) is 17.8 Å². The molecule has 4 nitrogen and oxygen atoms in total. The van der Waals surface area contributed by atoms with E-state index in [2.05, 4.69) is 39.4 Å². The second-order valence-corrected chi connectivity index (χ2v) is 5.89. The van der Waals surface area contributed by atoms with Gasteiger partial charge in [-0.3, -0.25) is 4.40 Å². The van der Waals surface area contributed by atoms with E-state index in [9.17, 15) is 0 Å². The Bertz CT molecular complexity index is 465. The summed E-state index contributed by atoms with van der Waals surface area (Å²) >= 11 is 1.69. The standard InChI is InChI=1S/C15H25N3OS/c1-3-7-16-13(6-5-9-19-4-2)11-14-12-18-8-10-20-15(18)17-14/h8,10,12-13,16H,3-7,9,11H2,1-2H3. The van der Waals surface area contributed by atoms with Crippen LogP contribution < -0.4 is 5.32 Å². The summed E-state index contributed by atoms with van der Waals surface area (Å²) in [6.45, 7) is 6.99. The van der Waals surface area contributed by atoms with E-state index in [-0.39, 0.29) is 0 Å². The molecule has 0 saturated heterocycles. The van der Waals surface area contributed by atoms with Gasteiger partial charge < -0.3 is 10.1 Å². The van der Waals surface area contributed by atoms with Crippen molar-refractivity contribution in [1.29, 1.82) is 0 Å². The van der Waals surface area contributed by atoms with Gasteiger partial charge in [0.1, 0.15) is 0 Å². The molecule has 0 aromatic carbocycles. The molecule has 0 saturated carbocycles. The summed E-state index contributed by atoms with van der Waals surface area (Å²) in [6, 6.07) is 0.500. The van der Waals surface area contributed by atoms with Crippen LogP contribution in [0.5, 0.6) is 0 Å². The number of ether oxygens (including phenoxy) is 1. The molecule has 1 N–H and O–H groups in total. The highest BCUT2D eigenvalue weighted by Crippen LogP contribution is 2.14. The number of nitrogens with one attached hydrogen (secondary N) is 1. The van der Waals surface area contributed by atoms with Crippen molar-refractivity contribution in [3.8, 4) is 0 Å². The Morgan fingerprint density at radius 3 is 3.10 bits per heavy atom. The van der Waals surface area contributed by atoms with Crippen LogP contribution in [0.25, 0.3) is 4.96 Å². The summed E-state index contributed by atoms with van der Waals surface area (Å²) in [5.41, 5.74) is 1.18. The predicted molar refractivity (Wildman–Crippen MR) is 84.6 cm³/mol. The molecule has 20 heavy (non-hydrogen) atoms. The van der Waals surface area contributed by atoms with Crippen molar-refractivity contribution in [3.63, 3.8) is 0 Å². The number of hydrogen-bond acceptors (Lipinski definition) is 4. The van der Waals surface area contributed by atoms with Crippen molar-refractivity contribution >= 4 is 16.3 Å². The third-order valence-electron chi connectivity index (χ3n) is 3.33. The maximum absolute atomic E-state index is 5.43. The van der Waals surface area contributed by atoms with Crippen LogP contribution in [0.4, 0.5) is 0 Å². The molecule has 1 unspecified atom stereocenters. The number of fused-ring (bicyclic) bond motifs is 1. The number of hydrogen-bond donors (Lipinski definition) is 1. The van der Waals surface area contributed by atoms with Crippen molar-refractivity contribution in [2.75, 3.05) is 19.8 Å². The van der Waals surface area contributed by atoms with Gasteiger partial charge in [0.2, 0.25) is 0 Å². The normalized spacial score (nSPS) is 13.1. The largest absolute Gasteiger partial charge is 0.382 e. The van der Waals surface area contributed by atoms with E-state index < -0.39 is 0 Å². The van der Waals surface area contributed by atoms with Crippen molar-refractivity contribution in [2.24, 2.45) is 0 Å². The van der Waals surface area contributed by atoms with Gasteiger partial charge in [-0.25, -0.2) is 4.98 Å². The van der Waals surface area contributed by atoms with Crippen LogP contribution in [0.3, 0.4) is 0 Å². The van der Waals surface area contributed by atoms with Gasteiger partial charge in [-0.2, -0.15) is 0 Å². The number of rotatable bonds is 10. The minimum atomic E-state index is 0.500. The molecule has 0 aliphatic carbocycles. The fraction of sp³-hybridized carbons (Fsp3) is 0.667. The first kappa shape index (κ1) is 15.5. The van der Waals surface area contributed by atoms with E-state index >= 15 is 0 Å². The first-order chi connectivity index (χ1) is 9.83. The SMILES string of the molecule is CCCNC(CCCOCC)Cc1cn2ccsc2n1. The molecule has 0 spiro atoms. The van der Waals surface area contributed by atoms with E-state index in [1.807, 2.05) is 6.92 Å². The summed E-state index contributed by atoms with van der Waals surface area (Å²) in [5, 5.41) is 5.70. The Hall–Kier alpha value is -0.910. The Labute approximate surface area is 125 Å². The van der Waals surface area contributed by atoms with Gasteiger partial charge in [0.25, 0.3) is 0 Å². The van der Waals surface area contributed by atoms with Crippen molar-refractivity contribution in [3.05, 3.63) is 23.5 Å². The Morgan fingerprint density at radius 1 is 1.45 bits per heavy atom. The highest BCUT2D eigenvalue weighted by molar-refractivity contribution is 7.15. The molecular formula is C15H25N3OS. The predicted octanol–water partition coefficient (Wildman–Crippen LogP) is 3.12. The maximum Gasteiger partial charge on any atom is 0.193 e. The molecule has 0 aliphatic heterocycles. The highest BCUT2D eigenvalue weighted by Gasteiger charge is 2.11. The summed E-state index contributed by atoms with van der Waals surface area (Å²) in [5.74, 6) is 0. The zero-order valence-corrected chi connectivity index (χ0v) is 13.3. The minimum Gasteiger partial charge on any atom is -0.382 e. The van der Waals surface area contributed by atoms with E-state index in [1.54, 1.807) is 11.3 Å². The van der Waals surface area contributed by atoms with Gasteiger partial charge >= 0.3 is 0 Å². The van der Waals surface area contributed by atoms with Crippen molar-refractivity contribution in [2.45, 2.75) is 45.6 Å². The lowest BCUT2D eigenvalue weighted by molar-refractivity contribution is 0.140. The second kappa shape index (κ2) is 8.39. The summed E-state index contributed by atoms with van der Waals surface area (Å²) in [7, 11) is 0. The van der Waals surface area contributed by atoms with Crippen molar-refractivity contribution < 1.29 is 4.74 Å². The lowest BCUT2D eigenvalue weighted by atomic mass is 10.1. The first-order valence-electron chi connectivity index (χ1n) is 7.55. The topological polar surface area (TPSA) is 38.6 Å². The molecule has 1 atom stereocenters. The smallest absolute Gasteiger partial charge is 0.193 e. The third-order valence-corrected chi connectivity index (χ3v) is 4.10. The van der Waals surface area contributed by atoms with Crippen LogP contribution >= 0.6 is 11.3 Å². The van der Waals surface area contributed by atoms with E-state index in [0.29, 0.717) is 6.04 Å². The summed E-state index contributed by atoms with van der Waals surface area (Å²) in [4.78, 5) is 5.76. The van der Waals surface area contributed by atoms with Gasteiger partial charge in [-0.05, 0) is 32.7 Å². The zero-order chi connectivity index (χ0) is 14.2. The fourth-order valence-electron chi connectivity index (χ4n) is 2.33. The summed E-state index contributed by atoms with van der Waals surface area (Å²) < 4.78 is 7.54. The van der Waals surface area contributed by atoms with Crippen LogP contribution in [0.1, 0.15) is 38.8 Å². The number of thiazole rings is 1. The highest BCUT2D eigenvalue weighted by atomic mass is 32.1. The molecule has 0 bridgehead atoms. The molecule has 2 rings (SSSR count). The molecule has 112 valence electrons. The molecule has 2 aromatic heterocycles. The average Bonchev–Trinajstić information content (AvgIpc) is 3.01. The number of imidazole rings is 1. The minimum absolute atomic E-state index is 0.500. The van der Waals surface area contributed by atoms with Gasteiger partial charge in [0.05, 0.1) is 5.69 Å². The molecule has 0 radical (unpaired) electrons. The molecular weight excluding hydrogens is 270 g/mol. The monoisotopic (exact) mass is 295 g/mol. The summed E-state index contributed by atoms with van der Waals surface area (Å²) in [6.07, 6.45) is 8.64. The van der Waals surface area contributed by atoms with Gasteiger partial charge in [-0.15, -0.1) is 11.3 Å². The fourth-order valence-corrected chi connectivity index (χ4v) is 3.05. The second-order valence-electron chi connectivity index (χ2n) is 5.02. The van der Waals surface area contributed by atoms with Gasteiger partial charge in [0.15, 0.2) is 4.96 Å². The van der Waals surface area contributed by atoms with Crippen LogP contribution in [0, 0.1) is 0 Å². The number of aromatic nitrogens is 2.